The van der Waals surface area contributed by atoms with Crippen molar-refractivity contribution in [3.63, 3.8) is 0 Å². The van der Waals surface area contributed by atoms with E-state index in [0.29, 0.717) is 6.42 Å². The van der Waals surface area contributed by atoms with Gasteiger partial charge < -0.3 is 89.9 Å². The Labute approximate surface area is 544 Å². The average Bonchev–Trinajstić information content (AvgIpc) is 0.826. The van der Waals surface area contributed by atoms with E-state index in [1.54, 1.807) is 6.08 Å². The van der Waals surface area contributed by atoms with Crippen LogP contribution in [0.15, 0.2) is 122 Å². The minimum absolute atomic E-state index is 0.228. The predicted octanol–water partition coefficient (Wildman–Crippen LogP) is 8.82. The van der Waals surface area contributed by atoms with Crippen LogP contribution in [-0.2, 0) is 33.2 Å². The van der Waals surface area contributed by atoms with Gasteiger partial charge in [-0.15, -0.1) is 0 Å². The van der Waals surface area contributed by atoms with E-state index in [-0.39, 0.29) is 18.9 Å². The number of carbonyl (C=O) groups is 1. The molecule has 0 aromatic heterocycles. The van der Waals surface area contributed by atoms with Crippen molar-refractivity contribution in [2.75, 3.05) is 26.4 Å². The maximum Gasteiger partial charge on any atom is 0.220 e. The summed E-state index contributed by atoms with van der Waals surface area (Å²) in [6, 6.07) is -0.982. The van der Waals surface area contributed by atoms with Crippen LogP contribution in [0.4, 0.5) is 0 Å². The second-order valence-corrected chi connectivity index (χ2v) is 23.9. The molecular formula is C72H119NO18. The SMILES string of the molecule is CC/C=C\C/C=C\C/C=C\C/C=C\C/C=C\C/C=C\C/C=C\C/C=C\C/C=C\CCCCCCCCCCCC(=O)NC(COC1OC(CO)C(OC2OC(CO)C(OC3OC(CO)C(O)C(O)C3O)C(O)C2O)C(O)C1O)C(O)/C=C/CCCCCCCCC. The van der Waals surface area contributed by atoms with Crippen molar-refractivity contribution in [2.45, 2.75) is 298 Å². The predicted molar refractivity (Wildman–Crippen MR) is 355 cm³/mol. The van der Waals surface area contributed by atoms with Gasteiger partial charge in [-0.1, -0.05) is 219 Å². The van der Waals surface area contributed by atoms with E-state index in [1.807, 2.05) is 6.08 Å². The summed E-state index contributed by atoms with van der Waals surface area (Å²) in [6.45, 7) is 1.54. The van der Waals surface area contributed by atoms with Crippen LogP contribution in [0.1, 0.15) is 194 Å². The molecule has 0 radical (unpaired) electrons. The first-order valence-electron chi connectivity index (χ1n) is 34.3. The molecule has 91 heavy (non-hydrogen) atoms. The molecule has 0 spiro atoms. The Morgan fingerprint density at radius 3 is 1.19 bits per heavy atom. The van der Waals surface area contributed by atoms with Gasteiger partial charge in [-0.05, 0) is 89.9 Å². The number of aliphatic hydroxyl groups excluding tert-OH is 11. The van der Waals surface area contributed by atoms with Crippen LogP contribution in [0.5, 0.6) is 0 Å². The molecule has 3 saturated heterocycles. The maximum atomic E-state index is 13.3. The lowest BCUT2D eigenvalue weighted by Crippen LogP contribution is -2.66. The fourth-order valence-electron chi connectivity index (χ4n) is 10.7. The highest BCUT2D eigenvalue weighted by atomic mass is 16.8. The number of allylic oxidation sites excluding steroid dienone is 19. The highest BCUT2D eigenvalue weighted by Crippen LogP contribution is 2.33. The molecule has 1 amide bonds. The summed E-state index contributed by atoms with van der Waals surface area (Å²) in [5, 5.41) is 120. The van der Waals surface area contributed by atoms with Gasteiger partial charge in [0.05, 0.1) is 38.6 Å². The molecular weight excluding hydrogens is 1170 g/mol. The summed E-state index contributed by atoms with van der Waals surface area (Å²) in [4.78, 5) is 13.3. The van der Waals surface area contributed by atoms with Crippen LogP contribution in [0, 0.1) is 0 Å². The third kappa shape index (κ3) is 34.4. The quantitative estimate of drug-likeness (QED) is 0.0200. The molecule has 520 valence electrons. The molecule has 19 heteroatoms. The van der Waals surface area contributed by atoms with Gasteiger partial charge in [0.2, 0.25) is 5.91 Å². The Morgan fingerprint density at radius 1 is 0.407 bits per heavy atom. The minimum Gasteiger partial charge on any atom is -0.394 e. The Kier molecular flexibility index (Phi) is 46.9. The minimum atomic E-state index is -1.98. The Balaban J connectivity index is 1.33. The highest BCUT2D eigenvalue weighted by molar-refractivity contribution is 5.76. The van der Waals surface area contributed by atoms with E-state index in [2.05, 4.69) is 129 Å². The van der Waals surface area contributed by atoms with E-state index in [0.717, 1.165) is 116 Å². The van der Waals surface area contributed by atoms with Crippen molar-refractivity contribution in [3.8, 4) is 0 Å². The van der Waals surface area contributed by atoms with Crippen LogP contribution >= 0.6 is 0 Å². The van der Waals surface area contributed by atoms with Crippen LogP contribution in [-0.4, -0.2) is 193 Å². The Bertz CT molecular complexity index is 2120. The average molecular weight is 1290 g/mol. The van der Waals surface area contributed by atoms with Crippen LogP contribution in [0.3, 0.4) is 0 Å². The zero-order chi connectivity index (χ0) is 66.1. The zero-order valence-electron chi connectivity index (χ0n) is 54.8. The second-order valence-electron chi connectivity index (χ2n) is 23.9. The summed E-state index contributed by atoms with van der Waals surface area (Å²) in [7, 11) is 0. The molecule has 17 atom stereocenters. The standard InChI is InChI=1S/C72H119NO18/c1-3-5-7-9-11-13-14-15-16-17-18-19-20-21-22-23-24-25-26-27-28-29-30-31-32-33-34-35-36-37-38-39-40-42-44-46-48-50-60(78)73-55(56(77)49-47-45-43-41-12-10-8-6-4-2)54-86-70-66(84)63(81)68(58(52-75)88-70)91-72-67(85)64(82)69(59(53-76)89-72)90-71-65(83)62(80)61(79)57(51-74)87-71/h5,7,11,13,15-16,18-19,21-22,24-25,27-28,30-31,33-34,47,49,55-59,61-72,74-77,79-85H,3-4,6,8-10,12,14,17,20,23,26,29,32,35-46,48,50-54H2,1-2H3,(H,73,78)/b7-5-,13-11-,16-15-,19-18-,22-21-,25-24-,28-27-,31-30-,34-33-,49-47+. The molecule has 0 saturated carbocycles. The van der Waals surface area contributed by atoms with Gasteiger partial charge in [-0.25, -0.2) is 0 Å². The van der Waals surface area contributed by atoms with Crippen LogP contribution in [0.2, 0.25) is 0 Å². The number of ether oxygens (including phenoxy) is 6. The summed E-state index contributed by atoms with van der Waals surface area (Å²) < 4.78 is 34.2. The van der Waals surface area contributed by atoms with Gasteiger partial charge in [-0.3, -0.25) is 4.79 Å². The lowest BCUT2D eigenvalue weighted by molar-refractivity contribution is -0.379. The number of aliphatic hydroxyl groups is 11. The van der Waals surface area contributed by atoms with Crippen molar-refractivity contribution in [1.29, 1.82) is 0 Å². The molecule has 0 aromatic carbocycles. The van der Waals surface area contributed by atoms with Crippen LogP contribution in [0.25, 0.3) is 0 Å². The smallest absolute Gasteiger partial charge is 0.220 e. The topological polar surface area (TPSA) is 307 Å². The van der Waals surface area contributed by atoms with Gasteiger partial charge in [-0.2, -0.15) is 0 Å². The molecule has 3 aliphatic heterocycles. The summed E-state index contributed by atoms with van der Waals surface area (Å²) in [5.41, 5.74) is 0. The number of nitrogens with one attached hydrogen (secondary N) is 1. The number of unbranched alkanes of at least 4 members (excludes halogenated alkanes) is 16. The number of hydrogen-bond donors (Lipinski definition) is 12. The fraction of sp³-hybridized carbons (Fsp3) is 0.708. The summed E-state index contributed by atoms with van der Waals surface area (Å²) in [6.07, 6.45) is 44.9. The Hall–Kier alpha value is -3.81. The van der Waals surface area contributed by atoms with Crippen molar-refractivity contribution in [3.05, 3.63) is 122 Å². The van der Waals surface area contributed by atoms with Gasteiger partial charge in [0, 0.05) is 6.42 Å². The molecule has 17 unspecified atom stereocenters. The third-order valence-electron chi connectivity index (χ3n) is 16.3. The van der Waals surface area contributed by atoms with E-state index in [9.17, 15) is 61.0 Å². The molecule has 3 rings (SSSR count). The molecule has 3 fully saturated rings. The fourth-order valence-corrected chi connectivity index (χ4v) is 10.7. The number of rotatable bonds is 50. The van der Waals surface area contributed by atoms with E-state index < -0.39 is 124 Å². The normalized spacial score (nSPS) is 28.6. The molecule has 3 aliphatic rings. The lowest BCUT2D eigenvalue weighted by atomic mass is 9.96. The largest absolute Gasteiger partial charge is 0.394 e. The van der Waals surface area contributed by atoms with Crippen molar-refractivity contribution < 1.29 is 89.4 Å². The lowest BCUT2D eigenvalue weighted by Gasteiger charge is -2.48. The number of amides is 1. The molecule has 0 aromatic rings. The molecule has 19 nitrogen and oxygen atoms in total. The molecule has 12 N–H and O–H groups in total. The Morgan fingerprint density at radius 2 is 0.758 bits per heavy atom. The monoisotopic (exact) mass is 1290 g/mol. The molecule has 0 aliphatic carbocycles. The van der Waals surface area contributed by atoms with Gasteiger partial charge in [0.1, 0.15) is 73.2 Å². The van der Waals surface area contributed by atoms with Gasteiger partial charge >= 0.3 is 0 Å². The van der Waals surface area contributed by atoms with E-state index in [1.165, 1.54) is 51.4 Å². The highest BCUT2D eigenvalue weighted by Gasteiger charge is 2.53. The molecule has 0 bridgehead atoms. The van der Waals surface area contributed by atoms with Crippen LogP contribution < -0.4 is 5.32 Å². The zero-order valence-corrected chi connectivity index (χ0v) is 54.8. The number of hydrogen-bond acceptors (Lipinski definition) is 18. The van der Waals surface area contributed by atoms with Gasteiger partial charge in [0.25, 0.3) is 0 Å². The van der Waals surface area contributed by atoms with E-state index >= 15 is 0 Å². The first-order chi connectivity index (χ1) is 44.3. The maximum absolute atomic E-state index is 13.3. The second kappa shape index (κ2) is 52.5. The van der Waals surface area contributed by atoms with Crippen molar-refractivity contribution >= 4 is 5.91 Å². The van der Waals surface area contributed by atoms with Gasteiger partial charge in [0.15, 0.2) is 18.9 Å². The summed E-state index contributed by atoms with van der Waals surface area (Å²) in [5.74, 6) is -0.291. The van der Waals surface area contributed by atoms with Crippen molar-refractivity contribution in [2.24, 2.45) is 0 Å². The van der Waals surface area contributed by atoms with Crippen molar-refractivity contribution in [1.82, 2.24) is 5.32 Å². The first-order valence-corrected chi connectivity index (χ1v) is 34.3. The van der Waals surface area contributed by atoms with E-state index in [4.69, 9.17) is 28.4 Å². The summed E-state index contributed by atoms with van der Waals surface area (Å²) >= 11 is 0. The molecule has 3 heterocycles. The number of carbonyl (C=O) groups excluding carboxylic acids is 1. The first kappa shape index (κ1) is 81.4. The third-order valence-corrected chi connectivity index (χ3v) is 16.3.